The van der Waals surface area contributed by atoms with Gasteiger partial charge in [-0.05, 0) is 36.1 Å². The molecule has 0 aliphatic heterocycles. The van der Waals surface area contributed by atoms with Crippen molar-refractivity contribution >= 4 is 17.7 Å². The summed E-state index contributed by atoms with van der Waals surface area (Å²) in [7, 11) is 0. The van der Waals surface area contributed by atoms with E-state index in [0.717, 1.165) is 24.8 Å². The number of unbranched alkanes of at least 4 members (excludes halogenated alkanes) is 1. The first-order valence-electron chi connectivity index (χ1n) is 8.50. The van der Waals surface area contributed by atoms with Gasteiger partial charge in [-0.15, -0.1) is 0 Å². The monoisotopic (exact) mass is 340 g/mol. The van der Waals surface area contributed by atoms with Crippen LogP contribution in [0.3, 0.4) is 0 Å². The van der Waals surface area contributed by atoms with Gasteiger partial charge in [0.1, 0.15) is 13.2 Å². The Bertz CT molecular complexity index is 669. The van der Waals surface area contributed by atoms with E-state index in [2.05, 4.69) is 17.6 Å². The van der Waals surface area contributed by atoms with Crippen LogP contribution in [0.1, 0.15) is 30.9 Å². The van der Waals surface area contributed by atoms with Crippen LogP contribution in [-0.2, 0) is 22.6 Å². The summed E-state index contributed by atoms with van der Waals surface area (Å²) >= 11 is 0. The van der Waals surface area contributed by atoms with E-state index in [1.165, 1.54) is 5.56 Å². The van der Waals surface area contributed by atoms with Gasteiger partial charge in [0.05, 0.1) is 0 Å². The number of hydrogen-bond acceptors (Lipinski definition) is 3. The number of hydrogen-bond donors (Lipinski definition) is 2. The van der Waals surface area contributed by atoms with Crippen LogP contribution in [-0.4, -0.2) is 18.5 Å². The highest BCUT2D eigenvalue weighted by atomic mass is 16.5. The number of anilines is 1. The fourth-order valence-electron chi connectivity index (χ4n) is 2.27. The fraction of sp³-hybridized carbons (Fsp3) is 0.300. The van der Waals surface area contributed by atoms with E-state index in [9.17, 15) is 9.59 Å². The molecule has 0 unspecified atom stereocenters. The largest absolute Gasteiger partial charge is 0.445 e. The second kappa shape index (κ2) is 10.1. The van der Waals surface area contributed by atoms with Gasteiger partial charge in [-0.3, -0.25) is 4.79 Å². The van der Waals surface area contributed by atoms with E-state index in [1.807, 2.05) is 54.6 Å². The van der Waals surface area contributed by atoms with E-state index in [-0.39, 0.29) is 19.1 Å². The van der Waals surface area contributed by atoms with Crippen molar-refractivity contribution in [1.29, 1.82) is 0 Å². The van der Waals surface area contributed by atoms with Crippen LogP contribution in [0.2, 0.25) is 0 Å². The molecule has 2 aromatic rings. The van der Waals surface area contributed by atoms with Crippen LogP contribution < -0.4 is 10.6 Å². The third-order valence-corrected chi connectivity index (χ3v) is 3.66. The lowest BCUT2D eigenvalue weighted by molar-refractivity contribution is -0.115. The molecule has 0 aromatic heterocycles. The van der Waals surface area contributed by atoms with E-state index < -0.39 is 6.09 Å². The number of nitrogens with one attached hydrogen (secondary N) is 2. The number of benzene rings is 2. The van der Waals surface area contributed by atoms with Crippen molar-refractivity contribution in [3.63, 3.8) is 0 Å². The highest BCUT2D eigenvalue weighted by Gasteiger charge is 2.07. The minimum atomic E-state index is -0.617. The summed E-state index contributed by atoms with van der Waals surface area (Å²) in [4.78, 5) is 23.5. The van der Waals surface area contributed by atoms with Crippen molar-refractivity contribution < 1.29 is 14.3 Å². The summed E-state index contributed by atoms with van der Waals surface area (Å²) in [6.45, 7) is 2.20. The Hall–Kier alpha value is -2.82. The van der Waals surface area contributed by atoms with Crippen molar-refractivity contribution in [3.05, 3.63) is 65.7 Å². The molecule has 0 atom stereocenters. The second-order valence-electron chi connectivity index (χ2n) is 5.76. The summed E-state index contributed by atoms with van der Waals surface area (Å²) in [6.07, 6.45) is 2.74. The van der Waals surface area contributed by atoms with E-state index in [0.29, 0.717) is 5.69 Å². The molecule has 0 radical (unpaired) electrons. The van der Waals surface area contributed by atoms with Crippen LogP contribution in [0.5, 0.6) is 0 Å². The molecule has 2 rings (SSSR count). The van der Waals surface area contributed by atoms with Crippen molar-refractivity contribution in [3.8, 4) is 0 Å². The Morgan fingerprint density at radius 1 is 0.960 bits per heavy atom. The first-order chi connectivity index (χ1) is 12.2. The predicted molar refractivity (Wildman–Crippen MR) is 98.3 cm³/mol. The van der Waals surface area contributed by atoms with Crippen LogP contribution in [0.4, 0.5) is 10.5 Å². The van der Waals surface area contributed by atoms with Gasteiger partial charge >= 0.3 is 6.09 Å². The van der Waals surface area contributed by atoms with Crippen LogP contribution >= 0.6 is 0 Å². The smallest absolute Gasteiger partial charge is 0.407 e. The number of alkyl carbamates (subject to hydrolysis) is 1. The molecule has 0 bridgehead atoms. The average Bonchev–Trinajstić information content (AvgIpc) is 2.65. The van der Waals surface area contributed by atoms with Crippen molar-refractivity contribution in [2.45, 2.75) is 32.8 Å². The topological polar surface area (TPSA) is 67.4 Å². The van der Waals surface area contributed by atoms with Gasteiger partial charge in [0.2, 0.25) is 5.91 Å². The zero-order valence-corrected chi connectivity index (χ0v) is 14.5. The normalized spacial score (nSPS) is 10.1. The van der Waals surface area contributed by atoms with Crippen molar-refractivity contribution in [1.82, 2.24) is 5.32 Å². The molecule has 0 spiro atoms. The van der Waals surface area contributed by atoms with Crippen LogP contribution in [0, 0.1) is 0 Å². The maximum absolute atomic E-state index is 11.9. The highest BCUT2D eigenvalue weighted by Crippen LogP contribution is 2.11. The minimum Gasteiger partial charge on any atom is -0.445 e. The number of rotatable bonds is 8. The Kier molecular flexibility index (Phi) is 7.50. The molecule has 5 heteroatoms. The SMILES string of the molecule is CCCCc1ccc(NC(=O)CNC(=O)OCc2ccccc2)cc1. The number of amides is 2. The summed E-state index contributed by atoms with van der Waals surface area (Å²) in [5.41, 5.74) is 2.86. The molecule has 0 aliphatic carbocycles. The molecule has 2 amide bonds. The number of carbonyl (C=O) groups is 2. The standard InChI is InChI=1S/C20H24N2O3/c1-2-3-7-16-10-12-18(13-11-16)22-19(23)14-21-20(24)25-15-17-8-5-4-6-9-17/h4-6,8-13H,2-3,7,14-15H2,1H3,(H,21,24)(H,22,23). The van der Waals surface area contributed by atoms with Crippen molar-refractivity contribution in [2.24, 2.45) is 0 Å². The Morgan fingerprint density at radius 2 is 1.68 bits per heavy atom. The third kappa shape index (κ3) is 7.08. The molecule has 5 nitrogen and oxygen atoms in total. The van der Waals surface area contributed by atoms with Gasteiger partial charge < -0.3 is 15.4 Å². The molecule has 0 fully saturated rings. The van der Waals surface area contributed by atoms with Crippen LogP contribution in [0.25, 0.3) is 0 Å². The molecule has 0 heterocycles. The maximum Gasteiger partial charge on any atom is 0.407 e. The lowest BCUT2D eigenvalue weighted by atomic mass is 10.1. The molecule has 0 aliphatic rings. The zero-order chi connectivity index (χ0) is 17.9. The molecule has 0 saturated carbocycles. The van der Waals surface area contributed by atoms with Gasteiger partial charge in [0, 0.05) is 5.69 Å². The van der Waals surface area contributed by atoms with Gasteiger partial charge in [0.15, 0.2) is 0 Å². The van der Waals surface area contributed by atoms with Gasteiger partial charge in [0.25, 0.3) is 0 Å². The van der Waals surface area contributed by atoms with E-state index >= 15 is 0 Å². The average molecular weight is 340 g/mol. The predicted octanol–water partition coefficient (Wildman–Crippen LogP) is 3.89. The lowest BCUT2D eigenvalue weighted by Crippen LogP contribution is -2.33. The summed E-state index contributed by atoms with van der Waals surface area (Å²) in [6, 6.07) is 17.1. The minimum absolute atomic E-state index is 0.134. The maximum atomic E-state index is 11.9. The van der Waals surface area contributed by atoms with E-state index in [1.54, 1.807) is 0 Å². The van der Waals surface area contributed by atoms with Gasteiger partial charge in [-0.25, -0.2) is 4.79 Å². The summed E-state index contributed by atoms with van der Waals surface area (Å²) < 4.78 is 5.05. The molecule has 2 N–H and O–H groups in total. The fourth-order valence-corrected chi connectivity index (χ4v) is 2.27. The molecule has 25 heavy (non-hydrogen) atoms. The first kappa shape index (κ1) is 18.5. The third-order valence-electron chi connectivity index (χ3n) is 3.66. The van der Waals surface area contributed by atoms with Crippen molar-refractivity contribution in [2.75, 3.05) is 11.9 Å². The highest BCUT2D eigenvalue weighted by molar-refractivity contribution is 5.93. The Morgan fingerprint density at radius 3 is 2.36 bits per heavy atom. The first-order valence-corrected chi connectivity index (χ1v) is 8.50. The Labute approximate surface area is 148 Å². The molecular weight excluding hydrogens is 316 g/mol. The Balaban J connectivity index is 1.68. The van der Waals surface area contributed by atoms with Crippen LogP contribution in [0.15, 0.2) is 54.6 Å². The quantitative estimate of drug-likeness (QED) is 0.766. The van der Waals surface area contributed by atoms with Gasteiger partial charge in [-0.1, -0.05) is 55.8 Å². The number of ether oxygens (including phenoxy) is 1. The second-order valence-corrected chi connectivity index (χ2v) is 5.76. The lowest BCUT2D eigenvalue weighted by Gasteiger charge is -2.08. The summed E-state index contributed by atoms with van der Waals surface area (Å²) in [5.74, 6) is -0.294. The van der Waals surface area contributed by atoms with Gasteiger partial charge in [-0.2, -0.15) is 0 Å². The zero-order valence-electron chi connectivity index (χ0n) is 14.5. The molecule has 2 aromatic carbocycles. The molecule has 132 valence electrons. The number of aryl methyl sites for hydroxylation is 1. The summed E-state index contributed by atoms with van der Waals surface area (Å²) in [5, 5.41) is 5.18. The molecule has 0 saturated heterocycles. The number of carbonyl (C=O) groups excluding carboxylic acids is 2. The van der Waals surface area contributed by atoms with E-state index in [4.69, 9.17) is 4.74 Å². The molecular formula is C20H24N2O3.